The third-order valence-corrected chi connectivity index (χ3v) is 4.08. The molecule has 0 amide bonds. The number of benzene rings is 1. The minimum atomic E-state index is 0.00162. The second kappa shape index (κ2) is 6.95. The van der Waals surface area contributed by atoms with Crippen molar-refractivity contribution < 1.29 is 4.74 Å². The molecule has 0 aliphatic rings. The number of pyridine rings is 1. The van der Waals surface area contributed by atoms with Gasteiger partial charge >= 0.3 is 0 Å². The second-order valence-corrected chi connectivity index (χ2v) is 5.83. The largest absolute Gasteiger partial charge is 0.495 e. The Labute approximate surface area is 134 Å². The van der Waals surface area contributed by atoms with Crippen LogP contribution in [0.25, 0.3) is 0 Å². The average molecular weight is 402 g/mol. The molecule has 0 unspecified atom stereocenters. The average Bonchev–Trinajstić information content (AvgIpc) is 2.43. The molecule has 2 aromatic rings. The third-order valence-electron chi connectivity index (χ3n) is 2.81. The lowest BCUT2D eigenvalue weighted by Gasteiger charge is -2.12. The lowest BCUT2D eigenvalue weighted by atomic mass is 10.3. The van der Waals surface area contributed by atoms with Gasteiger partial charge in [0, 0.05) is 35.9 Å². The van der Waals surface area contributed by atoms with Gasteiger partial charge in [-0.25, -0.2) is 0 Å². The van der Waals surface area contributed by atoms with Crippen molar-refractivity contribution in [2.24, 2.45) is 0 Å². The fourth-order valence-electron chi connectivity index (χ4n) is 1.78. The highest BCUT2D eigenvalue weighted by molar-refractivity contribution is 9.11. The van der Waals surface area contributed by atoms with Crippen molar-refractivity contribution in [3.63, 3.8) is 0 Å². The molecule has 6 heteroatoms. The summed E-state index contributed by atoms with van der Waals surface area (Å²) in [6.45, 7) is 1.25. The number of ether oxygens (including phenoxy) is 1. The van der Waals surface area contributed by atoms with E-state index in [2.05, 4.69) is 37.2 Å². The zero-order chi connectivity index (χ0) is 14.5. The van der Waals surface area contributed by atoms with Crippen LogP contribution in [-0.4, -0.2) is 18.2 Å². The van der Waals surface area contributed by atoms with Gasteiger partial charge < -0.3 is 14.6 Å². The fraction of sp³-hybridized carbons (Fsp3) is 0.214. The summed E-state index contributed by atoms with van der Waals surface area (Å²) >= 11 is 6.92. The molecule has 0 aliphatic heterocycles. The third kappa shape index (κ3) is 3.64. The van der Waals surface area contributed by atoms with Gasteiger partial charge in [-0.1, -0.05) is 6.07 Å². The van der Waals surface area contributed by atoms with Crippen LogP contribution in [0.5, 0.6) is 5.75 Å². The first-order valence-electron chi connectivity index (χ1n) is 6.04. The maximum absolute atomic E-state index is 11.6. The van der Waals surface area contributed by atoms with E-state index in [0.29, 0.717) is 13.1 Å². The zero-order valence-electron chi connectivity index (χ0n) is 10.9. The van der Waals surface area contributed by atoms with Gasteiger partial charge in [0.2, 0.25) is 0 Å². The topological polar surface area (TPSA) is 43.3 Å². The molecule has 0 atom stereocenters. The van der Waals surface area contributed by atoms with E-state index < -0.39 is 0 Å². The Morgan fingerprint density at radius 3 is 2.75 bits per heavy atom. The molecule has 0 radical (unpaired) electrons. The first kappa shape index (κ1) is 15.1. The molecule has 4 nitrogen and oxygen atoms in total. The monoisotopic (exact) mass is 400 g/mol. The van der Waals surface area contributed by atoms with E-state index in [9.17, 15) is 4.79 Å². The summed E-state index contributed by atoms with van der Waals surface area (Å²) in [5, 5.41) is 3.28. The van der Waals surface area contributed by atoms with Crippen LogP contribution in [0.3, 0.4) is 0 Å². The van der Waals surface area contributed by atoms with Crippen molar-refractivity contribution in [1.82, 2.24) is 4.57 Å². The maximum atomic E-state index is 11.6. The molecule has 1 heterocycles. The summed E-state index contributed by atoms with van der Waals surface area (Å²) in [5.74, 6) is 0.757. The summed E-state index contributed by atoms with van der Waals surface area (Å²) in [7, 11) is 1.63. The molecule has 0 saturated heterocycles. The maximum Gasteiger partial charge on any atom is 0.250 e. The molecular weight excluding hydrogens is 388 g/mol. The summed E-state index contributed by atoms with van der Waals surface area (Å²) in [6, 6.07) is 8.97. The van der Waals surface area contributed by atoms with Crippen LogP contribution in [0.2, 0.25) is 0 Å². The normalized spacial score (nSPS) is 10.3. The Kier molecular flexibility index (Phi) is 5.25. The van der Waals surface area contributed by atoms with Gasteiger partial charge in [0.15, 0.2) is 0 Å². The quantitative estimate of drug-likeness (QED) is 0.833. The Hall–Kier alpha value is -1.27. The molecule has 20 heavy (non-hydrogen) atoms. The minimum Gasteiger partial charge on any atom is -0.495 e. The van der Waals surface area contributed by atoms with Gasteiger partial charge in [-0.3, -0.25) is 4.79 Å². The Morgan fingerprint density at radius 2 is 2.05 bits per heavy atom. The lowest BCUT2D eigenvalue weighted by molar-refractivity contribution is 0.412. The van der Waals surface area contributed by atoms with E-state index in [1.807, 2.05) is 18.2 Å². The minimum absolute atomic E-state index is 0.00162. The van der Waals surface area contributed by atoms with E-state index in [-0.39, 0.29) is 5.56 Å². The first-order chi connectivity index (χ1) is 9.61. The highest BCUT2D eigenvalue weighted by atomic mass is 79.9. The van der Waals surface area contributed by atoms with E-state index in [1.54, 1.807) is 30.0 Å². The molecule has 1 aromatic carbocycles. The molecule has 106 valence electrons. The van der Waals surface area contributed by atoms with E-state index in [1.165, 1.54) is 0 Å². The first-order valence-corrected chi connectivity index (χ1v) is 7.63. The molecule has 0 fully saturated rings. The molecule has 0 spiro atoms. The summed E-state index contributed by atoms with van der Waals surface area (Å²) < 4.78 is 8.75. The Bertz CT molecular complexity index is 656. The van der Waals surface area contributed by atoms with Crippen LogP contribution in [0.15, 0.2) is 50.3 Å². The van der Waals surface area contributed by atoms with Crippen molar-refractivity contribution in [1.29, 1.82) is 0 Å². The van der Waals surface area contributed by atoms with Gasteiger partial charge in [0.25, 0.3) is 5.56 Å². The van der Waals surface area contributed by atoms with Crippen LogP contribution in [0, 0.1) is 0 Å². The molecule has 0 bridgehead atoms. The number of hydrogen-bond donors (Lipinski definition) is 1. The molecule has 1 aromatic heterocycles. The highest BCUT2D eigenvalue weighted by Crippen LogP contribution is 2.34. The molecule has 2 rings (SSSR count). The van der Waals surface area contributed by atoms with Crippen molar-refractivity contribution in [2.75, 3.05) is 19.0 Å². The smallest absolute Gasteiger partial charge is 0.250 e. The van der Waals surface area contributed by atoms with Crippen LogP contribution in [-0.2, 0) is 6.54 Å². The summed E-state index contributed by atoms with van der Waals surface area (Å²) in [5.41, 5.74) is 0.927. The fourth-order valence-corrected chi connectivity index (χ4v) is 3.07. The summed E-state index contributed by atoms with van der Waals surface area (Å²) in [4.78, 5) is 11.6. The van der Waals surface area contributed by atoms with Crippen molar-refractivity contribution in [3.8, 4) is 5.75 Å². The van der Waals surface area contributed by atoms with Crippen molar-refractivity contribution >= 4 is 37.5 Å². The van der Waals surface area contributed by atoms with Crippen LogP contribution < -0.4 is 15.6 Å². The number of aromatic nitrogens is 1. The van der Waals surface area contributed by atoms with Gasteiger partial charge in [-0.05, 0) is 44.0 Å². The van der Waals surface area contributed by atoms with Crippen molar-refractivity contribution in [3.05, 3.63) is 55.8 Å². The lowest BCUT2D eigenvalue weighted by Crippen LogP contribution is -2.22. The van der Waals surface area contributed by atoms with Crippen LogP contribution in [0.4, 0.5) is 5.69 Å². The van der Waals surface area contributed by atoms with Gasteiger partial charge in [-0.2, -0.15) is 0 Å². The zero-order valence-corrected chi connectivity index (χ0v) is 14.1. The summed E-state index contributed by atoms with van der Waals surface area (Å²) in [6.07, 6.45) is 1.78. The molecule has 1 N–H and O–H groups in total. The number of nitrogens with zero attached hydrogens (tertiary/aromatic N) is 1. The number of anilines is 1. The SMILES string of the molecule is COc1cc(NCCn2ccccc2=O)c(Br)cc1Br. The number of halogens is 2. The van der Waals surface area contributed by atoms with E-state index >= 15 is 0 Å². The predicted molar refractivity (Wildman–Crippen MR) is 87.6 cm³/mol. The highest BCUT2D eigenvalue weighted by Gasteiger charge is 2.06. The van der Waals surface area contributed by atoms with Gasteiger partial charge in [-0.15, -0.1) is 0 Å². The standard InChI is InChI=1S/C14H14Br2N2O2/c1-20-13-9-12(10(15)8-11(13)16)17-5-7-18-6-3-2-4-14(18)19/h2-4,6,8-9,17H,5,7H2,1H3. The number of hydrogen-bond acceptors (Lipinski definition) is 3. The number of nitrogens with one attached hydrogen (secondary N) is 1. The predicted octanol–water partition coefficient (Wildman–Crippen LogP) is 3.49. The molecule has 0 aliphatic carbocycles. The molecule has 0 saturated carbocycles. The Balaban J connectivity index is 2.04. The van der Waals surface area contributed by atoms with E-state index in [4.69, 9.17) is 4.74 Å². The van der Waals surface area contributed by atoms with Gasteiger partial charge in [0.05, 0.1) is 17.3 Å². The number of methoxy groups -OCH3 is 1. The Morgan fingerprint density at radius 1 is 1.25 bits per heavy atom. The second-order valence-electron chi connectivity index (χ2n) is 4.13. The van der Waals surface area contributed by atoms with E-state index in [0.717, 1.165) is 20.4 Å². The van der Waals surface area contributed by atoms with Crippen molar-refractivity contribution in [2.45, 2.75) is 6.54 Å². The van der Waals surface area contributed by atoms with Crippen LogP contribution >= 0.6 is 31.9 Å². The molecular formula is C14H14Br2N2O2. The number of rotatable bonds is 5. The van der Waals surface area contributed by atoms with Gasteiger partial charge in [0.1, 0.15) is 5.75 Å². The van der Waals surface area contributed by atoms with Crippen LogP contribution in [0.1, 0.15) is 0 Å².